The van der Waals surface area contributed by atoms with Crippen molar-refractivity contribution in [3.63, 3.8) is 0 Å². The van der Waals surface area contributed by atoms with Crippen LogP contribution in [0.4, 0.5) is 14.5 Å². The molecule has 2 aromatic rings. The second-order valence-electron chi connectivity index (χ2n) is 4.80. The van der Waals surface area contributed by atoms with Crippen molar-refractivity contribution in [1.82, 2.24) is 4.72 Å². The number of halogens is 2. The van der Waals surface area contributed by atoms with Gasteiger partial charge in [0.2, 0.25) is 15.9 Å². The second-order valence-corrected chi connectivity index (χ2v) is 6.51. The molecule has 2 aromatic carbocycles. The van der Waals surface area contributed by atoms with E-state index in [4.69, 9.17) is 0 Å². The molecule has 0 aromatic heterocycles. The van der Waals surface area contributed by atoms with Crippen LogP contribution in [0.2, 0.25) is 0 Å². The maximum absolute atomic E-state index is 13.1. The largest absolute Gasteiger partial charge is 0.325 e. The first-order valence-electron chi connectivity index (χ1n) is 6.62. The Hall–Kier alpha value is -2.32. The third-order valence-electron chi connectivity index (χ3n) is 2.94. The quantitative estimate of drug-likeness (QED) is 0.877. The minimum absolute atomic E-state index is 0.163. The lowest BCUT2D eigenvalue weighted by Crippen LogP contribution is -2.41. The molecule has 122 valence electrons. The minimum atomic E-state index is -3.97. The third kappa shape index (κ3) is 4.57. The van der Waals surface area contributed by atoms with Crippen molar-refractivity contribution in [2.24, 2.45) is 0 Å². The number of carbonyl (C=O) groups is 1. The molecule has 0 unspecified atom stereocenters. The van der Waals surface area contributed by atoms with Crippen LogP contribution in [0, 0.1) is 11.6 Å². The average Bonchev–Trinajstić information content (AvgIpc) is 2.47. The lowest BCUT2D eigenvalue weighted by molar-refractivity contribution is -0.117. The molecule has 0 aliphatic carbocycles. The highest BCUT2D eigenvalue weighted by molar-refractivity contribution is 7.89. The summed E-state index contributed by atoms with van der Waals surface area (Å²) in [6.07, 6.45) is 0. The fourth-order valence-corrected chi connectivity index (χ4v) is 2.99. The first kappa shape index (κ1) is 17.0. The zero-order valence-corrected chi connectivity index (χ0v) is 12.9. The summed E-state index contributed by atoms with van der Waals surface area (Å²) in [5, 5.41) is 2.40. The molecule has 0 radical (unpaired) electrons. The summed E-state index contributed by atoms with van der Waals surface area (Å²) < 4.78 is 52.2. The van der Waals surface area contributed by atoms with E-state index in [9.17, 15) is 22.0 Å². The smallest absolute Gasteiger partial charge is 0.242 e. The van der Waals surface area contributed by atoms with Crippen molar-refractivity contribution in [1.29, 1.82) is 0 Å². The van der Waals surface area contributed by atoms with Gasteiger partial charge in [-0.25, -0.2) is 17.2 Å². The summed E-state index contributed by atoms with van der Waals surface area (Å²) in [5.74, 6) is -1.75. The van der Waals surface area contributed by atoms with E-state index in [1.807, 2.05) is 0 Å². The summed E-state index contributed by atoms with van der Waals surface area (Å²) in [6.45, 7) is 1.34. The van der Waals surface area contributed by atoms with Gasteiger partial charge in [0.25, 0.3) is 0 Å². The monoisotopic (exact) mass is 340 g/mol. The fourth-order valence-electron chi connectivity index (χ4n) is 1.78. The van der Waals surface area contributed by atoms with Crippen molar-refractivity contribution in [2.45, 2.75) is 17.9 Å². The fraction of sp³-hybridized carbons (Fsp3) is 0.133. The predicted molar refractivity (Wildman–Crippen MR) is 81.2 cm³/mol. The number of amides is 1. The number of nitrogens with one attached hydrogen (secondary N) is 2. The van der Waals surface area contributed by atoms with Gasteiger partial charge in [-0.1, -0.05) is 6.07 Å². The Balaban J connectivity index is 2.06. The lowest BCUT2D eigenvalue weighted by atomic mass is 10.3. The molecule has 0 aliphatic rings. The van der Waals surface area contributed by atoms with Crippen molar-refractivity contribution < 1.29 is 22.0 Å². The van der Waals surface area contributed by atoms with Gasteiger partial charge in [0.05, 0.1) is 10.9 Å². The molecule has 2 N–H and O–H groups in total. The van der Waals surface area contributed by atoms with E-state index in [1.165, 1.54) is 25.1 Å². The van der Waals surface area contributed by atoms with Crippen molar-refractivity contribution in [2.75, 3.05) is 5.32 Å². The molecule has 0 saturated carbocycles. The van der Waals surface area contributed by atoms with Gasteiger partial charge in [0.1, 0.15) is 11.6 Å². The maximum Gasteiger partial charge on any atom is 0.242 e. The molecule has 0 saturated heterocycles. The van der Waals surface area contributed by atoms with E-state index < -0.39 is 33.6 Å². The second kappa shape index (κ2) is 6.84. The zero-order valence-electron chi connectivity index (χ0n) is 12.1. The van der Waals surface area contributed by atoms with Crippen molar-refractivity contribution in [3.8, 4) is 0 Å². The number of rotatable bonds is 5. The van der Waals surface area contributed by atoms with E-state index in [-0.39, 0.29) is 10.6 Å². The van der Waals surface area contributed by atoms with E-state index in [2.05, 4.69) is 10.0 Å². The molecule has 0 heterocycles. The Morgan fingerprint density at radius 3 is 2.30 bits per heavy atom. The van der Waals surface area contributed by atoms with Gasteiger partial charge in [0.15, 0.2) is 0 Å². The first-order chi connectivity index (χ1) is 10.8. The van der Waals surface area contributed by atoms with Gasteiger partial charge in [-0.05, 0) is 49.4 Å². The van der Waals surface area contributed by atoms with E-state index in [0.717, 1.165) is 30.3 Å². The van der Waals surface area contributed by atoms with Crippen LogP contribution in [0.25, 0.3) is 0 Å². The van der Waals surface area contributed by atoms with Gasteiger partial charge in [-0.3, -0.25) is 4.79 Å². The highest BCUT2D eigenvalue weighted by atomic mass is 32.2. The number of carbonyl (C=O) groups excluding carboxylic acids is 1. The van der Waals surface area contributed by atoms with Crippen LogP contribution < -0.4 is 10.0 Å². The molecule has 1 amide bonds. The standard InChI is InChI=1S/C15H14F2N2O3S/c1-10(15(20)18-13-4-2-3-12(17)9-13)19-23(21,22)14-7-5-11(16)6-8-14/h2-10,19H,1H3,(H,18,20)/t10-/m0/s1. The molecule has 0 spiro atoms. The van der Waals surface area contributed by atoms with E-state index in [1.54, 1.807) is 0 Å². The number of hydrogen-bond acceptors (Lipinski definition) is 3. The zero-order chi connectivity index (χ0) is 17.0. The van der Waals surface area contributed by atoms with Crippen LogP contribution in [0.3, 0.4) is 0 Å². The Bertz CT molecular complexity index is 808. The number of anilines is 1. The predicted octanol–water partition coefficient (Wildman–Crippen LogP) is 2.27. The summed E-state index contributed by atoms with van der Waals surface area (Å²) in [7, 11) is -3.97. The Kier molecular flexibility index (Phi) is 5.07. The highest BCUT2D eigenvalue weighted by Gasteiger charge is 2.22. The van der Waals surface area contributed by atoms with Crippen LogP contribution in [0.1, 0.15) is 6.92 Å². The third-order valence-corrected chi connectivity index (χ3v) is 4.50. The average molecular weight is 340 g/mol. The van der Waals surface area contributed by atoms with E-state index in [0.29, 0.717) is 0 Å². The summed E-state index contributed by atoms with van der Waals surface area (Å²) >= 11 is 0. The van der Waals surface area contributed by atoms with E-state index >= 15 is 0 Å². The maximum atomic E-state index is 13.1. The van der Waals surface area contributed by atoms with Gasteiger partial charge in [-0.15, -0.1) is 0 Å². The molecular formula is C15H14F2N2O3S. The first-order valence-corrected chi connectivity index (χ1v) is 8.10. The normalized spacial score (nSPS) is 12.7. The van der Waals surface area contributed by atoms with Gasteiger partial charge >= 0.3 is 0 Å². The molecule has 1 atom stereocenters. The Morgan fingerprint density at radius 1 is 1.04 bits per heavy atom. The molecule has 0 bridgehead atoms. The highest BCUT2D eigenvalue weighted by Crippen LogP contribution is 2.12. The number of sulfonamides is 1. The van der Waals surface area contributed by atoms with Crippen molar-refractivity contribution >= 4 is 21.6 Å². The topological polar surface area (TPSA) is 75.3 Å². The summed E-state index contributed by atoms with van der Waals surface area (Å²) in [4.78, 5) is 11.8. The van der Waals surface area contributed by atoms with Crippen LogP contribution in [0.15, 0.2) is 53.4 Å². The van der Waals surface area contributed by atoms with Crippen LogP contribution >= 0.6 is 0 Å². The van der Waals surface area contributed by atoms with Gasteiger partial charge in [-0.2, -0.15) is 4.72 Å². The number of benzene rings is 2. The number of hydrogen-bond donors (Lipinski definition) is 2. The molecule has 2 rings (SSSR count). The molecule has 23 heavy (non-hydrogen) atoms. The summed E-state index contributed by atoms with van der Waals surface area (Å²) in [6, 6.07) is 8.31. The van der Waals surface area contributed by atoms with Crippen molar-refractivity contribution in [3.05, 3.63) is 60.2 Å². The molecule has 5 nitrogen and oxygen atoms in total. The minimum Gasteiger partial charge on any atom is -0.325 e. The van der Waals surface area contributed by atoms with Crippen LogP contribution in [0.5, 0.6) is 0 Å². The molecule has 8 heteroatoms. The molecular weight excluding hydrogens is 326 g/mol. The van der Waals surface area contributed by atoms with Gasteiger partial charge in [0, 0.05) is 5.69 Å². The van der Waals surface area contributed by atoms with Gasteiger partial charge < -0.3 is 5.32 Å². The Labute approximate surface area is 132 Å². The molecule has 0 fully saturated rings. The molecule has 0 aliphatic heterocycles. The van der Waals surface area contributed by atoms with Crippen LogP contribution in [-0.4, -0.2) is 20.4 Å². The van der Waals surface area contributed by atoms with Crippen LogP contribution in [-0.2, 0) is 14.8 Å². The SMILES string of the molecule is C[C@H](NS(=O)(=O)c1ccc(F)cc1)C(=O)Nc1cccc(F)c1. The Morgan fingerprint density at radius 2 is 1.70 bits per heavy atom. The lowest BCUT2D eigenvalue weighted by Gasteiger charge is -2.14. The summed E-state index contributed by atoms with van der Waals surface area (Å²) in [5.41, 5.74) is 0.211.